The topological polar surface area (TPSA) is 77.4 Å². The van der Waals surface area contributed by atoms with Gasteiger partial charge < -0.3 is 9.47 Å². The molecule has 2 aliphatic heterocycles. The first kappa shape index (κ1) is 22.2. The number of amides is 1. The lowest BCUT2D eigenvalue weighted by Crippen LogP contribution is -2.49. The fraction of sp³-hybridized carbons (Fsp3) is 0.200. The Morgan fingerprint density at radius 2 is 1.97 bits per heavy atom. The molecule has 3 unspecified atom stereocenters. The minimum atomic E-state index is -0.837. The van der Waals surface area contributed by atoms with Crippen LogP contribution in [-0.2, 0) is 9.53 Å². The van der Waals surface area contributed by atoms with Crippen LogP contribution in [0.25, 0.3) is 11.3 Å². The highest BCUT2D eigenvalue weighted by Crippen LogP contribution is 2.41. The van der Waals surface area contributed by atoms with Gasteiger partial charge in [0.25, 0.3) is 0 Å². The number of thioether (sulfide) groups is 1. The van der Waals surface area contributed by atoms with Gasteiger partial charge >= 0.3 is 0 Å². The first-order valence-electron chi connectivity index (χ1n) is 10.7. The van der Waals surface area contributed by atoms with E-state index < -0.39 is 18.4 Å². The molecule has 2 aromatic carbocycles. The van der Waals surface area contributed by atoms with Crippen LogP contribution in [0.2, 0.25) is 0 Å². The summed E-state index contributed by atoms with van der Waals surface area (Å²) in [6, 6.07) is 13.5. The summed E-state index contributed by atoms with van der Waals surface area (Å²) in [6.45, 7) is 5.20. The van der Waals surface area contributed by atoms with Crippen molar-refractivity contribution in [3.05, 3.63) is 84.7 Å². The molecule has 0 saturated heterocycles. The number of aromatic nitrogens is 3. The summed E-state index contributed by atoms with van der Waals surface area (Å²) in [4.78, 5) is 19.0. The molecular formula is C25H21FN4O3S. The molecule has 0 aliphatic carbocycles. The number of para-hydroxylation sites is 1. The number of carbonyl (C=O) groups excluding carboxylic acids is 1. The highest BCUT2D eigenvalue weighted by molar-refractivity contribution is 7.99. The Labute approximate surface area is 200 Å². The van der Waals surface area contributed by atoms with Crippen molar-refractivity contribution in [3.63, 3.8) is 0 Å². The van der Waals surface area contributed by atoms with Crippen LogP contribution >= 0.6 is 11.8 Å². The van der Waals surface area contributed by atoms with Crippen molar-refractivity contribution in [2.75, 3.05) is 10.7 Å². The Hall–Kier alpha value is -3.56. The summed E-state index contributed by atoms with van der Waals surface area (Å²) in [5.41, 5.74) is 2.57. The third-order valence-electron chi connectivity index (χ3n) is 5.47. The van der Waals surface area contributed by atoms with Crippen LogP contribution in [0.4, 0.5) is 10.1 Å². The van der Waals surface area contributed by atoms with Crippen molar-refractivity contribution >= 4 is 23.4 Å². The number of nitrogens with zero attached hydrogens (tertiary/aromatic N) is 4. The van der Waals surface area contributed by atoms with Gasteiger partial charge in [0.1, 0.15) is 18.0 Å². The zero-order valence-corrected chi connectivity index (χ0v) is 19.1. The molecule has 1 amide bonds. The maximum atomic E-state index is 13.4. The monoisotopic (exact) mass is 476 g/mol. The van der Waals surface area contributed by atoms with Crippen molar-refractivity contribution < 1.29 is 18.7 Å². The molecule has 0 N–H and O–H groups in total. The summed E-state index contributed by atoms with van der Waals surface area (Å²) >= 11 is 1.38. The number of hydrogen-bond acceptors (Lipinski definition) is 7. The summed E-state index contributed by atoms with van der Waals surface area (Å²) in [5, 5.41) is 9.03. The lowest BCUT2D eigenvalue weighted by Gasteiger charge is -2.33. The summed E-state index contributed by atoms with van der Waals surface area (Å²) in [6.07, 6.45) is 3.64. The van der Waals surface area contributed by atoms with Gasteiger partial charge in [-0.2, -0.15) is 4.98 Å². The van der Waals surface area contributed by atoms with Gasteiger partial charge in [0.05, 0.1) is 5.69 Å². The van der Waals surface area contributed by atoms with E-state index in [2.05, 4.69) is 21.8 Å². The van der Waals surface area contributed by atoms with Gasteiger partial charge in [-0.25, -0.2) is 4.39 Å². The molecule has 172 valence electrons. The quantitative estimate of drug-likeness (QED) is 0.389. The molecule has 0 bridgehead atoms. The molecule has 0 spiro atoms. The van der Waals surface area contributed by atoms with E-state index in [9.17, 15) is 9.18 Å². The first-order chi connectivity index (χ1) is 16.5. The van der Waals surface area contributed by atoms with Gasteiger partial charge in [0.2, 0.25) is 23.2 Å². The number of benzene rings is 2. The molecule has 3 heterocycles. The molecule has 34 heavy (non-hydrogen) atoms. The van der Waals surface area contributed by atoms with Crippen LogP contribution in [0.5, 0.6) is 5.88 Å². The third-order valence-corrected chi connectivity index (χ3v) is 6.30. The molecule has 2 aliphatic rings. The Morgan fingerprint density at radius 3 is 2.74 bits per heavy atom. The minimum absolute atomic E-state index is 0.221. The molecule has 0 radical (unpaired) electrons. The second-order valence-electron chi connectivity index (χ2n) is 7.72. The molecule has 1 aromatic heterocycles. The van der Waals surface area contributed by atoms with E-state index in [1.54, 1.807) is 23.1 Å². The van der Waals surface area contributed by atoms with Crippen LogP contribution in [0, 0.1) is 5.82 Å². The third kappa shape index (κ3) is 4.20. The standard InChI is InChI=1S/C25H21FN4O3S/c1-3-14-34-25-27-23-22(28-29-25)18-6-4-5-7-19(18)30(15(2)31)24(33-23)21-13-12-20(32-21)16-8-10-17(26)11-9-16/h3-13,20-21,24H,1,14H2,2H3. The maximum Gasteiger partial charge on any atom is 0.247 e. The van der Waals surface area contributed by atoms with Gasteiger partial charge in [-0.1, -0.05) is 60.3 Å². The Kier molecular flexibility index (Phi) is 6.12. The first-order valence-corrected chi connectivity index (χ1v) is 11.7. The summed E-state index contributed by atoms with van der Waals surface area (Å²) in [7, 11) is 0. The molecule has 3 aromatic rings. The van der Waals surface area contributed by atoms with Crippen molar-refractivity contribution in [1.29, 1.82) is 0 Å². The molecular weight excluding hydrogens is 455 g/mol. The number of rotatable bonds is 5. The smallest absolute Gasteiger partial charge is 0.247 e. The average Bonchev–Trinajstić information content (AvgIpc) is 3.28. The molecule has 5 rings (SSSR count). The van der Waals surface area contributed by atoms with Gasteiger partial charge in [0.15, 0.2) is 5.69 Å². The van der Waals surface area contributed by atoms with Crippen molar-refractivity contribution in [3.8, 4) is 17.1 Å². The number of ether oxygens (including phenoxy) is 2. The summed E-state index contributed by atoms with van der Waals surface area (Å²) in [5.74, 6) is 0.350. The number of fused-ring (bicyclic) bond motifs is 3. The van der Waals surface area contributed by atoms with Gasteiger partial charge in [-0.15, -0.1) is 16.8 Å². The van der Waals surface area contributed by atoms with E-state index in [-0.39, 0.29) is 17.6 Å². The largest absolute Gasteiger partial charge is 0.448 e. The summed E-state index contributed by atoms with van der Waals surface area (Å²) < 4.78 is 26.0. The normalized spacial score (nSPS) is 20.8. The van der Waals surface area contributed by atoms with Crippen LogP contribution in [0.15, 0.2) is 78.5 Å². The van der Waals surface area contributed by atoms with E-state index in [0.717, 1.165) is 5.56 Å². The van der Waals surface area contributed by atoms with E-state index in [4.69, 9.17) is 9.47 Å². The maximum absolute atomic E-state index is 13.4. The Morgan fingerprint density at radius 1 is 1.18 bits per heavy atom. The molecule has 9 heteroatoms. The lowest BCUT2D eigenvalue weighted by atomic mass is 10.1. The van der Waals surface area contributed by atoms with Crippen LogP contribution in [-0.4, -0.2) is 39.2 Å². The molecule has 3 atom stereocenters. The zero-order chi connectivity index (χ0) is 23.7. The van der Waals surface area contributed by atoms with Gasteiger partial charge in [-0.3, -0.25) is 9.69 Å². The highest BCUT2D eigenvalue weighted by Gasteiger charge is 2.40. The van der Waals surface area contributed by atoms with Crippen molar-refractivity contribution in [2.24, 2.45) is 0 Å². The van der Waals surface area contributed by atoms with E-state index >= 15 is 0 Å². The second kappa shape index (κ2) is 9.36. The van der Waals surface area contributed by atoms with Crippen LogP contribution in [0.3, 0.4) is 0 Å². The highest BCUT2D eigenvalue weighted by atomic mass is 32.2. The van der Waals surface area contributed by atoms with E-state index in [0.29, 0.717) is 27.9 Å². The fourth-order valence-corrected chi connectivity index (χ4v) is 4.48. The number of halogens is 1. The second-order valence-corrected chi connectivity index (χ2v) is 8.71. The van der Waals surface area contributed by atoms with E-state index in [1.807, 2.05) is 36.4 Å². The van der Waals surface area contributed by atoms with Crippen LogP contribution in [0.1, 0.15) is 18.6 Å². The van der Waals surface area contributed by atoms with E-state index in [1.165, 1.54) is 30.8 Å². The number of carbonyl (C=O) groups is 1. The predicted octanol–water partition coefficient (Wildman–Crippen LogP) is 4.72. The molecule has 0 saturated carbocycles. The Bertz CT molecular complexity index is 1270. The number of anilines is 1. The average molecular weight is 477 g/mol. The minimum Gasteiger partial charge on any atom is -0.448 e. The fourth-order valence-electron chi connectivity index (χ4n) is 3.97. The molecule has 7 nitrogen and oxygen atoms in total. The zero-order valence-electron chi connectivity index (χ0n) is 18.3. The van der Waals surface area contributed by atoms with Crippen molar-refractivity contribution in [2.45, 2.75) is 30.5 Å². The van der Waals surface area contributed by atoms with Crippen LogP contribution < -0.4 is 9.64 Å². The lowest BCUT2D eigenvalue weighted by molar-refractivity contribution is -0.120. The number of hydrogen-bond donors (Lipinski definition) is 0. The predicted molar refractivity (Wildman–Crippen MR) is 127 cm³/mol. The van der Waals surface area contributed by atoms with Gasteiger partial charge in [0, 0.05) is 18.2 Å². The van der Waals surface area contributed by atoms with Gasteiger partial charge in [-0.05, 0) is 23.8 Å². The SMILES string of the molecule is C=CCSc1nnc2c(n1)OC(C1C=CC(c3ccc(F)cc3)O1)N(C(C)=O)c1ccccc1-2. The van der Waals surface area contributed by atoms with Crippen molar-refractivity contribution in [1.82, 2.24) is 15.2 Å². The molecule has 0 fully saturated rings. The Balaban J connectivity index is 1.54.